The van der Waals surface area contributed by atoms with Crippen LogP contribution in [-0.4, -0.2) is 27.1 Å². The lowest BCUT2D eigenvalue weighted by Crippen LogP contribution is -2.02. The second-order valence-corrected chi connectivity index (χ2v) is 4.49. The van der Waals surface area contributed by atoms with Crippen molar-refractivity contribution in [1.82, 2.24) is 14.8 Å². The molecule has 6 heteroatoms. The molecule has 0 aliphatic heterocycles. The van der Waals surface area contributed by atoms with Crippen LogP contribution in [-0.2, 0) is 7.05 Å². The molecule has 1 aromatic carbocycles. The summed E-state index contributed by atoms with van der Waals surface area (Å²) in [5.74, 6) is 1.66. The van der Waals surface area contributed by atoms with E-state index in [9.17, 15) is 0 Å². The van der Waals surface area contributed by atoms with Crippen molar-refractivity contribution in [3.8, 4) is 5.75 Å². The Balaban J connectivity index is 1.73. The fourth-order valence-electron chi connectivity index (χ4n) is 1.27. The molecule has 2 aromatic rings. The number of nitrogens with zero attached hydrogens (tertiary/aromatic N) is 3. The van der Waals surface area contributed by atoms with Gasteiger partial charge in [0, 0.05) is 18.5 Å². The summed E-state index contributed by atoms with van der Waals surface area (Å²) in [5, 5.41) is 4.89. The number of aromatic nitrogens is 3. The highest BCUT2D eigenvalue weighted by Gasteiger charge is 2.00. The maximum absolute atomic E-state index is 5.58. The van der Waals surface area contributed by atoms with Crippen molar-refractivity contribution in [1.29, 1.82) is 0 Å². The van der Waals surface area contributed by atoms with Crippen LogP contribution >= 0.6 is 11.8 Å². The number of ether oxygens (including phenoxy) is 1. The number of thioether (sulfide) groups is 1. The van der Waals surface area contributed by atoms with E-state index in [1.807, 2.05) is 31.3 Å². The summed E-state index contributed by atoms with van der Waals surface area (Å²) in [6.07, 6.45) is 1.54. The lowest BCUT2D eigenvalue weighted by Gasteiger charge is -2.05. The molecule has 1 aromatic heterocycles. The molecule has 1 heterocycles. The summed E-state index contributed by atoms with van der Waals surface area (Å²) in [6.45, 7) is 0.626. The fraction of sp³-hybridized carbons (Fsp3) is 0.273. The van der Waals surface area contributed by atoms with Crippen molar-refractivity contribution < 1.29 is 4.74 Å². The standard InChI is InChI=1S/C11H14N4OS/c1-15-11(13-8-14-15)17-7-6-16-10-4-2-9(12)3-5-10/h2-5,8H,6-7,12H2,1H3. The Kier molecular flexibility index (Phi) is 3.87. The number of hydrogen-bond donors (Lipinski definition) is 1. The smallest absolute Gasteiger partial charge is 0.185 e. The lowest BCUT2D eigenvalue weighted by molar-refractivity contribution is 0.344. The number of hydrogen-bond acceptors (Lipinski definition) is 5. The van der Waals surface area contributed by atoms with Crippen LogP contribution in [0.1, 0.15) is 0 Å². The third kappa shape index (κ3) is 3.39. The third-order valence-corrected chi connectivity index (χ3v) is 3.13. The first-order chi connectivity index (χ1) is 8.25. The van der Waals surface area contributed by atoms with Crippen molar-refractivity contribution in [2.75, 3.05) is 18.1 Å². The van der Waals surface area contributed by atoms with Crippen LogP contribution < -0.4 is 10.5 Å². The van der Waals surface area contributed by atoms with Crippen LogP contribution in [0.4, 0.5) is 5.69 Å². The minimum absolute atomic E-state index is 0.626. The Labute approximate surface area is 104 Å². The summed E-state index contributed by atoms with van der Waals surface area (Å²) >= 11 is 1.62. The molecule has 90 valence electrons. The molecule has 0 amide bonds. The first-order valence-electron chi connectivity index (χ1n) is 5.21. The number of nitrogens with two attached hydrogens (primary N) is 1. The second-order valence-electron chi connectivity index (χ2n) is 3.43. The number of benzene rings is 1. The molecule has 2 rings (SSSR count). The van der Waals surface area contributed by atoms with Gasteiger partial charge < -0.3 is 10.5 Å². The molecule has 0 spiro atoms. The van der Waals surface area contributed by atoms with E-state index in [0.717, 1.165) is 22.3 Å². The van der Waals surface area contributed by atoms with E-state index >= 15 is 0 Å². The Hall–Kier alpha value is -1.69. The van der Waals surface area contributed by atoms with E-state index in [2.05, 4.69) is 10.1 Å². The van der Waals surface area contributed by atoms with E-state index in [-0.39, 0.29) is 0 Å². The quantitative estimate of drug-likeness (QED) is 0.495. The van der Waals surface area contributed by atoms with Gasteiger partial charge in [0.2, 0.25) is 0 Å². The zero-order chi connectivity index (χ0) is 12.1. The zero-order valence-corrected chi connectivity index (χ0v) is 10.4. The van der Waals surface area contributed by atoms with Crippen LogP contribution in [0.3, 0.4) is 0 Å². The highest BCUT2D eigenvalue weighted by molar-refractivity contribution is 7.99. The molecule has 0 fully saturated rings. The van der Waals surface area contributed by atoms with Gasteiger partial charge in [0.15, 0.2) is 5.16 Å². The van der Waals surface area contributed by atoms with Gasteiger partial charge in [-0.1, -0.05) is 11.8 Å². The predicted molar refractivity (Wildman–Crippen MR) is 68.1 cm³/mol. The highest BCUT2D eigenvalue weighted by atomic mass is 32.2. The van der Waals surface area contributed by atoms with E-state index < -0.39 is 0 Å². The molecule has 0 radical (unpaired) electrons. The van der Waals surface area contributed by atoms with Gasteiger partial charge in [-0.15, -0.1) is 0 Å². The Morgan fingerprint density at radius 1 is 1.35 bits per heavy atom. The molecular formula is C11H14N4OS. The minimum atomic E-state index is 0.626. The second kappa shape index (κ2) is 5.58. The van der Waals surface area contributed by atoms with Crippen LogP contribution in [0.15, 0.2) is 35.7 Å². The molecule has 0 unspecified atom stereocenters. The molecule has 5 nitrogen and oxygen atoms in total. The maximum Gasteiger partial charge on any atom is 0.185 e. The normalized spacial score (nSPS) is 10.4. The highest BCUT2D eigenvalue weighted by Crippen LogP contribution is 2.15. The topological polar surface area (TPSA) is 66.0 Å². The Bertz CT molecular complexity index is 469. The van der Waals surface area contributed by atoms with Gasteiger partial charge in [0.1, 0.15) is 12.1 Å². The van der Waals surface area contributed by atoms with Gasteiger partial charge in [-0.05, 0) is 24.3 Å². The van der Waals surface area contributed by atoms with E-state index in [1.54, 1.807) is 22.8 Å². The average molecular weight is 250 g/mol. The van der Waals surface area contributed by atoms with Crippen LogP contribution in [0.25, 0.3) is 0 Å². The van der Waals surface area contributed by atoms with Crippen molar-refractivity contribution in [2.45, 2.75) is 5.16 Å². The zero-order valence-electron chi connectivity index (χ0n) is 9.54. The maximum atomic E-state index is 5.58. The predicted octanol–water partition coefficient (Wildman–Crippen LogP) is 1.57. The summed E-state index contributed by atoms with van der Waals surface area (Å²) in [6, 6.07) is 7.38. The molecule has 0 aliphatic carbocycles. The van der Waals surface area contributed by atoms with E-state index in [1.165, 1.54) is 0 Å². The number of aryl methyl sites for hydroxylation is 1. The molecule has 0 aliphatic rings. The van der Waals surface area contributed by atoms with Gasteiger partial charge in [-0.25, -0.2) is 9.67 Å². The largest absolute Gasteiger partial charge is 0.493 e. The van der Waals surface area contributed by atoms with E-state index in [0.29, 0.717) is 6.61 Å². The van der Waals surface area contributed by atoms with Crippen molar-refractivity contribution in [3.63, 3.8) is 0 Å². The van der Waals surface area contributed by atoms with Crippen LogP contribution in [0, 0.1) is 0 Å². The molecule has 17 heavy (non-hydrogen) atoms. The van der Waals surface area contributed by atoms with Crippen molar-refractivity contribution in [3.05, 3.63) is 30.6 Å². The van der Waals surface area contributed by atoms with Crippen molar-refractivity contribution in [2.24, 2.45) is 7.05 Å². The number of rotatable bonds is 5. The molecule has 0 saturated heterocycles. The molecule has 0 atom stereocenters. The van der Waals surface area contributed by atoms with Gasteiger partial charge in [0.05, 0.1) is 6.61 Å². The van der Waals surface area contributed by atoms with Gasteiger partial charge >= 0.3 is 0 Å². The van der Waals surface area contributed by atoms with Crippen LogP contribution in [0.5, 0.6) is 5.75 Å². The molecule has 2 N–H and O–H groups in total. The first kappa shape index (κ1) is 11.8. The SMILES string of the molecule is Cn1ncnc1SCCOc1ccc(N)cc1. The van der Waals surface area contributed by atoms with Gasteiger partial charge in [-0.3, -0.25) is 0 Å². The van der Waals surface area contributed by atoms with Gasteiger partial charge in [-0.2, -0.15) is 5.10 Å². The van der Waals surface area contributed by atoms with Crippen molar-refractivity contribution >= 4 is 17.4 Å². The molecule has 0 saturated carbocycles. The summed E-state index contributed by atoms with van der Waals surface area (Å²) in [4.78, 5) is 4.11. The lowest BCUT2D eigenvalue weighted by atomic mass is 10.3. The van der Waals surface area contributed by atoms with E-state index in [4.69, 9.17) is 10.5 Å². The summed E-state index contributed by atoms with van der Waals surface area (Å²) in [7, 11) is 1.87. The summed E-state index contributed by atoms with van der Waals surface area (Å²) < 4.78 is 7.31. The molecular weight excluding hydrogens is 236 g/mol. The average Bonchev–Trinajstić information content (AvgIpc) is 2.73. The third-order valence-electron chi connectivity index (χ3n) is 2.13. The summed E-state index contributed by atoms with van der Waals surface area (Å²) in [5.41, 5.74) is 6.33. The van der Waals surface area contributed by atoms with Crippen LogP contribution in [0.2, 0.25) is 0 Å². The Morgan fingerprint density at radius 2 is 2.12 bits per heavy atom. The monoisotopic (exact) mass is 250 g/mol. The number of anilines is 1. The Morgan fingerprint density at radius 3 is 2.76 bits per heavy atom. The minimum Gasteiger partial charge on any atom is -0.493 e. The van der Waals surface area contributed by atoms with Gasteiger partial charge in [0.25, 0.3) is 0 Å². The fourth-order valence-corrected chi connectivity index (χ4v) is 1.98. The first-order valence-corrected chi connectivity index (χ1v) is 6.19. The number of nitrogen functional groups attached to an aromatic ring is 1. The molecule has 0 bridgehead atoms.